The van der Waals surface area contributed by atoms with Crippen LogP contribution in [0.15, 0.2) is 23.1 Å². The molecule has 0 aliphatic carbocycles. The molecular weight excluding hydrogens is 200 g/mol. The molecule has 1 aromatic rings. The van der Waals surface area contributed by atoms with Crippen LogP contribution in [0.5, 0.6) is 0 Å². The lowest BCUT2D eigenvalue weighted by Gasteiger charge is -2.11. The van der Waals surface area contributed by atoms with Crippen molar-refractivity contribution in [3.05, 3.63) is 23.8 Å². The summed E-state index contributed by atoms with van der Waals surface area (Å²) in [6, 6.07) is 4.76. The molecule has 0 fully saturated rings. The summed E-state index contributed by atoms with van der Waals surface area (Å²) < 4.78 is 22.5. The van der Waals surface area contributed by atoms with E-state index in [1.165, 1.54) is 6.07 Å². The molecule has 14 heavy (non-hydrogen) atoms. The van der Waals surface area contributed by atoms with E-state index in [1.807, 2.05) is 13.8 Å². The highest BCUT2D eigenvalue weighted by molar-refractivity contribution is 7.89. The Morgan fingerprint density at radius 2 is 1.86 bits per heavy atom. The Morgan fingerprint density at radius 3 is 2.29 bits per heavy atom. The predicted molar refractivity (Wildman–Crippen MR) is 56.3 cm³/mol. The van der Waals surface area contributed by atoms with Crippen LogP contribution in [0.1, 0.15) is 25.3 Å². The number of anilines is 1. The smallest absolute Gasteiger partial charge is 0.238 e. The fourth-order valence-corrected chi connectivity index (χ4v) is 2.21. The maximum atomic E-state index is 11.2. The Labute approximate surface area is 84.0 Å². The molecule has 4 N–H and O–H groups in total. The number of nitrogens with two attached hydrogens (primary N) is 2. The van der Waals surface area contributed by atoms with Crippen molar-refractivity contribution in [1.82, 2.24) is 0 Å². The Kier molecular flexibility index (Phi) is 2.82. The van der Waals surface area contributed by atoms with E-state index in [0.717, 1.165) is 0 Å². The summed E-state index contributed by atoms with van der Waals surface area (Å²) in [5.41, 5.74) is 6.60. The lowest BCUT2D eigenvalue weighted by Crippen LogP contribution is -2.15. The van der Waals surface area contributed by atoms with Crippen molar-refractivity contribution in [2.75, 3.05) is 5.73 Å². The molecule has 0 aliphatic rings. The summed E-state index contributed by atoms with van der Waals surface area (Å²) in [7, 11) is -3.68. The van der Waals surface area contributed by atoms with E-state index >= 15 is 0 Å². The zero-order valence-corrected chi connectivity index (χ0v) is 9.01. The first-order chi connectivity index (χ1) is 6.32. The fraction of sp³-hybridized carbons (Fsp3) is 0.333. The standard InChI is InChI=1S/C9H14N2O2S/c1-6(2)8-4-3-7(10)5-9(8)14(11,12)13/h3-6H,10H2,1-2H3,(H2,11,12,13). The van der Waals surface area contributed by atoms with Crippen LogP contribution in [0.3, 0.4) is 0 Å². The summed E-state index contributed by atoms with van der Waals surface area (Å²) in [4.78, 5) is 0.118. The van der Waals surface area contributed by atoms with Crippen LogP contribution in [-0.4, -0.2) is 8.42 Å². The highest BCUT2D eigenvalue weighted by Gasteiger charge is 2.15. The van der Waals surface area contributed by atoms with Crippen molar-refractivity contribution >= 4 is 15.7 Å². The Balaban J connectivity index is 3.46. The number of nitrogen functional groups attached to an aromatic ring is 1. The van der Waals surface area contributed by atoms with E-state index < -0.39 is 10.0 Å². The van der Waals surface area contributed by atoms with Crippen molar-refractivity contribution in [2.45, 2.75) is 24.7 Å². The van der Waals surface area contributed by atoms with Crippen LogP contribution in [0.2, 0.25) is 0 Å². The molecular formula is C9H14N2O2S. The van der Waals surface area contributed by atoms with Crippen molar-refractivity contribution < 1.29 is 8.42 Å². The first-order valence-corrected chi connectivity index (χ1v) is 5.79. The van der Waals surface area contributed by atoms with Crippen LogP contribution in [0, 0.1) is 0 Å². The molecule has 0 aliphatic heterocycles. The minimum absolute atomic E-state index is 0.101. The van der Waals surface area contributed by atoms with Crippen molar-refractivity contribution in [3.8, 4) is 0 Å². The third kappa shape index (κ3) is 2.24. The van der Waals surface area contributed by atoms with Gasteiger partial charge in [-0.05, 0) is 23.6 Å². The maximum Gasteiger partial charge on any atom is 0.238 e. The lowest BCUT2D eigenvalue weighted by molar-refractivity contribution is 0.595. The Morgan fingerprint density at radius 1 is 1.29 bits per heavy atom. The van der Waals surface area contributed by atoms with E-state index in [2.05, 4.69) is 0 Å². The van der Waals surface area contributed by atoms with E-state index in [0.29, 0.717) is 11.3 Å². The summed E-state index contributed by atoms with van der Waals surface area (Å²) in [5, 5.41) is 5.08. The highest BCUT2D eigenvalue weighted by Crippen LogP contribution is 2.24. The largest absolute Gasteiger partial charge is 0.399 e. The van der Waals surface area contributed by atoms with Gasteiger partial charge in [-0.25, -0.2) is 13.6 Å². The zero-order chi connectivity index (χ0) is 10.9. The van der Waals surface area contributed by atoms with Gasteiger partial charge in [0.25, 0.3) is 0 Å². The summed E-state index contributed by atoms with van der Waals surface area (Å²) in [6.45, 7) is 3.81. The van der Waals surface area contributed by atoms with E-state index in [-0.39, 0.29) is 10.8 Å². The molecule has 0 atom stereocenters. The second-order valence-corrected chi connectivity index (χ2v) is 5.03. The second kappa shape index (κ2) is 3.59. The van der Waals surface area contributed by atoms with E-state index in [9.17, 15) is 8.42 Å². The van der Waals surface area contributed by atoms with Gasteiger partial charge in [-0.2, -0.15) is 0 Å². The molecule has 78 valence electrons. The second-order valence-electron chi connectivity index (χ2n) is 3.50. The maximum absolute atomic E-state index is 11.2. The number of sulfonamides is 1. The molecule has 0 amide bonds. The molecule has 0 bridgehead atoms. The topological polar surface area (TPSA) is 86.2 Å². The van der Waals surface area contributed by atoms with Gasteiger partial charge in [0, 0.05) is 5.69 Å². The first kappa shape index (κ1) is 11.0. The Bertz CT molecular complexity index is 438. The number of primary sulfonamides is 1. The van der Waals surface area contributed by atoms with Crippen LogP contribution < -0.4 is 10.9 Å². The van der Waals surface area contributed by atoms with Gasteiger partial charge in [-0.1, -0.05) is 19.9 Å². The van der Waals surface area contributed by atoms with E-state index in [1.54, 1.807) is 12.1 Å². The third-order valence-corrected chi connectivity index (χ3v) is 2.93. The SMILES string of the molecule is CC(C)c1ccc(N)cc1S(N)(=O)=O. The van der Waals surface area contributed by atoms with Gasteiger partial charge in [0.05, 0.1) is 4.90 Å². The summed E-state index contributed by atoms with van der Waals surface area (Å²) >= 11 is 0. The molecule has 4 nitrogen and oxygen atoms in total. The van der Waals surface area contributed by atoms with E-state index in [4.69, 9.17) is 10.9 Å². The van der Waals surface area contributed by atoms with Crippen molar-refractivity contribution in [1.29, 1.82) is 0 Å². The summed E-state index contributed by atoms with van der Waals surface area (Å²) in [5.74, 6) is 0.101. The minimum atomic E-state index is -3.68. The van der Waals surface area contributed by atoms with Gasteiger partial charge >= 0.3 is 0 Å². The molecule has 0 saturated heterocycles. The number of rotatable bonds is 2. The van der Waals surface area contributed by atoms with Crippen LogP contribution in [0.4, 0.5) is 5.69 Å². The van der Waals surface area contributed by atoms with Gasteiger partial charge in [-0.15, -0.1) is 0 Å². The number of hydrogen-bond acceptors (Lipinski definition) is 3. The molecule has 0 heterocycles. The molecule has 0 unspecified atom stereocenters. The first-order valence-electron chi connectivity index (χ1n) is 4.24. The monoisotopic (exact) mass is 214 g/mol. The summed E-state index contributed by atoms with van der Waals surface area (Å²) in [6.07, 6.45) is 0. The van der Waals surface area contributed by atoms with Gasteiger partial charge in [0.1, 0.15) is 0 Å². The molecule has 0 spiro atoms. The lowest BCUT2D eigenvalue weighted by atomic mass is 10.0. The van der Waals surface area contributed by atoms with Crippen LogP contribution in [0.25, 0.3) is 0 Å². The zero-order valence-electron chi connectivity index (χ0n) is 8.19. The molecule has 0 aromatic heterocycles. The van der Waals surface area contributed by atoms with Crippen molar-refractivity contribution in [2.24, 2.45) is 5.14 Å². The minimum Gasteiger partial charge on any atom is -0.399 e. The van der Waals surface area contributed by atoms with Gasteiger partial charge in [-0.3, -0.25) is 0 Å². The van der Waals surface area contributed by atoms with Crippen LogP contribution in [-0.2, 0) is 10.0 Å². The fourth-order valence-electron chi connectivity index (χ4n) is 1.27. The molecule has 0 saturated carbocycles. The molecule has 1 rings (SSSR count). The van der Waals surface area contributed by atoms with Crippen molar-refractivity contribution in [3.63, 3.8) is 0 Å². The van der Waals surface area contributed by atoms with Crippen LogP contribution >= 0.6 is 0 Å². The molecule has 5 heteroatoms. The predicted octanol–water partition coefficient (Wildman–Crippen LogP) is 1.04. The van der Waals surface area contributed by atoms with Gasteiger partial charge in [0.2, 0.25) is 10.0 Å². The average Bonchev–Trinajstić information content (AvgIpc) is 2.01. The number of hydrogen-bond donors (Lipinski definition) is 2. The Hall–Kier alpha value is -1.07. The quantitative estimate of drug-likeness (QED) is 0.721. The van der Waals surface area contributed by atoms with Gasteiger partial charge in [0.15, 0.2) is 0 Å². The average molecular weight is 214 g/mol. The number of benzene rings is 1. The normalized spacial score (nSPS) is 12.0. The molecule has 0 radical (unpaired) electrons. The van der Waals surface area contributed by atoms with Gasteiger partial charge < -0.3 is 5.73 Å². The third-order valence-electron chi connectivity index (χ3n) is 1.97. The molecule has 1 aromatic carbocycles. The highest BCUT2D eigenvalue weighted by atomic mass is 32.2.